The van der Waals surface area contributed by atoms with Gasteiger partial charge in [0.05, 0.1) is 15.8 Å². The predicted molar refractivity (Wildman–Crippen MR) is 74.8 cm³/mol. The van der Waals surface area contributed by atoms with Crippen LogP contribution in [0.2, 0.25) is 0 Å². The van der Waals surface area contributed by atoms with Crippen LogP contribution in [0.15, 0.2) is 15.9 Å². The smallest absolute Gasteiger partial charge is 0.331 e. The zero-order valence-electron chi connectivity index (χ0n) is 10.6. The maximum Gasteiger partial charge on any atom is 0.331 e. The summed E-state index contributed by atoms with van der Waals surface area (Å²) in [5.41, 5.74) is -0.975. The molecule has 1 unspecified atom stereocenters. The van der Waals surface area contributed by atoms with Gasteiger partial charge in [-0.3, -0.25) is 4.79 Å². The van der Waals surface area contributed by atoms with Crippen LogP contribution in [0.4, 0.5) is 0 Å². The molecule has 0 aliphatic carbocycles. The van der Waals surface area contributed by atoms with Crippen molar-refractivity contribution in [3.8, 4) is 0 Å². The fourth-order valence-electron chi connectivity index (χ4n) is 1.69. The second-order valence-corrected chi connectivity index (χ2v) is 6.59. The molecule has 1 aromatic heterocycles. The van der Waals surface area contributed by atoms with Gasteiger partial charge in [0.1, 0.15) is 5.54 Å². The monoisotopic (exact) mass is 333 g/mol. The Morgan fingerprint density at radius 1 is 1.50 bits per heavy atom. The van der Waals surface area contributed by atoms with E-state index >= 15 is 0 Å². The molecule has 0 aliphatic heterocycles. The molecule has 18 heavy (non-hydrogen) atoms. The van der Waals surface area contributed by atoms with E-state index in [1.165, 1.54) is 18.4 Å². The number of hydrogen-bond donors (Lipinski definition) is 1. The third-order valence-electron chi connectivity index (χ3n) is 2.57. The summed E-state index contributed by atoms with van der Waals surface area (Å²) in [6.07, 6.45) is 1.32. The third-order valence-corrected chi connectivity index (χ3v) is 4.19. The predicted octanol–water partition coefficient (Wildman–Crippen LogP) is 2.97. The summed E-state index contributed by atoms with van der Waals surface area (Å²) >= 11 is 4.63. The Morgan fingerprint density at radius 3 is 2.61 bits per heavy atom. The summed E-state index contributed by atoms with van der Waals surface area (Å²) < 4.78 is 5.63. The van der Waals surface area contributed by atoms with Crippen molar-refractivity contribution < 1.29 is 14.3 Å². The Hall–Kier alpha value is -0.880. The molecule has 1 N–H and O–H groups in total. The first-order chi connectivity index (χ1) is 8.42. The van der Waals surface area contributed by atoms with Gasteiger partial charge >= 0.3 is 5.97 Å². The molecule has 1 aromatic rings. The minimum Gasteiger partial charge on any atom is -0.467 e. The van der Waals surface area contributed by atoms with Gasteiger partial charge < -0.3 is 10.1 Å². The molecule has 0 radical (unpaired) electrons. The molecule has 0 bridgehead atoms. The standard InChI is InChI=1S/C12H16BrNO3S/c1-4-7-12(2,11(16)17-3)14-10(15)8-5-6-9(13)18-8/h5-6H,4,7H2,1-3H3,(H,14,15). The topological polar surface area (TPSA) is 55.4 Å². The van der Waals surface area contributed by atoms with Crippen molar-refractivity contribution in [2.75, 3.05) is 7.11 Å². The quantitative estimate of drug-likeness (QED) is 0.843. The normalized spacial score (nSPS) is 13.8. The van der Waals surface area contributed by atoms with E-state index in [9.17, 15) is 9.59 Å². The largest absolute Gasteiger partial charge is 0.467 e. The van der Waals surface area contributed by atoms with Crippen molar-refractivity contribution in [3.63, 3.8) is 0 Å². The minimum atomic E-state index is -0.975. The number of methoxy groups -OCH3 is 1. The number of carbonyl (C=O) groups is 2. The van der Waals surface area contributed by atoms with Crippen molar-refractivity contribution in [1.29, 1.82) is 0 Å². The summed E-state index contributed by atoms with van der Waals surface area (Å²) in [5, 5.41) is 2.75. The van der Waals surface area contributed by atoms with E-state index in [0.717, 1.165) is 10.2 Å². The summed E-state index contributed by atoms with van der Waals surface area (Å²) in [6, 6.07) is 3.52. The minimum absolute atomic E-state index is 0.257. The first kappa shape index (κ1) is 15.2. The van der Waals surface area contributed by atoms with E-state index in [2.05, 4.69) is 21.2 Å². The first-order valence-corrected chi connectivity index (χ1v) is 7.20. The number of ether oxygens (including phenoxy) is 1. The molecule has 6 heteroatoms. The molecule has 100 valence electrons. The van der Waals surface area contributed by atoms with Crippen molar-refractivity contribution in [2.45, 2.75) is 32.2 Å². The van der Waals surface area contributed by atoms with Crippen LogP contribution in [0, 0.1) is 0 Å². The number of halogens is 1. The Kier molecular flexibility index (Phi) is 5.34. The second-order valence-electron chi connectivity index (χ2n) is 4.13. The molecule has 0 saturated carbocycles. The van der Waals surface area contributed by atoms with Crippen LogP contribution in [-0.4, -0.2) is 24.5 Å². The molecule has 1 heterocycles. The maximum atomic E-state index is 12.0. The van der Waals surface area contributed by atoms with E-state index in [1.54, 1.807) is 19.1 Å². The van der Waals surface area contributed by atoms with Gasteiger partial charge in [-0.2, -0.15) is 0 Å². The highest BCUT2D eigenvalue weighted by atomic mass is 79.9. The number of amides is 1. The summed E-state index contributed by atoms with van der Waals surface area (Å²) in [5.74, 6) is -0.680. The number of esters is 1. The molecule has 4 nitrogen and oxygen atoms in total. The van der Waals surface area contributed by atoms with Crippen LogP contribution in [-0.2, 0) is 9.53 Å². The summed E-state index contributed by atoms with van der Waals surface area (Å²) in [4.78, 5) is 24.4. The number of thiophene rings is 1. The highest BCUT2D eigenvalue weighted by Gasteiger charge is 2.35. The van der Waals surface area contributed by atoms with Crippen LogP contribution in [0.3, 0.4) is 0 Å². The van der Waals surface area contributed by atoms with Crippen LogP contribution in [0.5, 0.6) is 0 Å². The lowest BCUT2D eigenvalue weighted by atomic mass is 9.96. The van der Waals surface area contributed by atoms with Crippen LogP contribution in [0.25, 0.3) is 0 Å². The third kappa shape index (κ3) is 3.55. The number of rotatable bonds is 5. The molecule has 0 spiro atoms. The van der Waals surface area contributed by atoms with Gasteiger partial charge in [-0.25, -0.2) is 4.79 Å². The second kappa shape index (κ2) is 6.33. The molecule has 1 atom stereocenters. The Balaban J connectivity index is 2.84. The average molecular weight is 334 g/mol. The van der Waals surface area contributed by atoms with Gasteiger partial charge in [0.15, 0.2) is 0 Å². The van der Waals surface area contributed by atoms with Crippen LogP contribution in [0.1, 0.15) is 36.4 Å². The van der Waals surface area contributed by atoms with Crippen LogP contribution < -0.4 is 5.32 Å². The maximum absolute atomic E-state index is 12.0. The average Bonchev–Trinajstić information content (AvgIpc) is 2.75. The molecule has 0 saturated heterocycles. The Morgan fingerprint density at radius 2 is 2.17 bits per heavy atom. The van der Waals surface area contributed by atoms with Gasteiger partial charge in [0, 0.05) is 0 Å². The number of carbonyl (C=O) groups excluding carboxylic acids is 2. The number of nitrogens with one attached hydrogen (secondary N) is 1. The highest BCUT2D eigenvalue weighted by Crippen LogP contribution is 2.23. The van der Waals surface area contributed by atoms with E-state index in [-0.39, 0.29) is 5.91 Å². The zero-order valence-corrected chi connectivity index (χ0v) is 13.0. The highest BCUT2D eigenvalue weighted by molar-refractivity contribution is 9.11. The lowest BCUT2D eigenvalue weighted by Crippen LogP contribution is -2.52. The first-order valence-electron chi connectivity index (χ1n) is 5.59. The Labute approximate surface area is 119 Å². The molecule has 0 fully saturated rings. The molecular weight excluding hydrogens is 318 g/mol. The summed E-state index contributed by atoms with van der Waals surface area (Å²) in [6.45, 7) is 3.64. The lowest BCUT2D eigenvalue weighted by molar-refractivity contribution is -0.147. The van der Waals surface area contributed by atoms with E-state index < -0.39 is 11.5 Å². The fraction of sp³-hybridized carbons (Fsp3) is 0.500. The Bertz CT molecular complexity index is 446. The van der Waals surface area contributed by atoms with Gasteiger partial charge in [-0.1, -0.05) is 13.3 Å². The van der Waals surface area contributed by atoms with Crippen molar-refractivity contribution >= 4 is 39.1 Å². The number of hydrogen-bond acceptors (Lipinski definition) is 4. The molecule has 0 aromatic carbocycles. The van der Waals surface area contributed by atoms with E-state index in [4.69, 9.17) is 4.74 Å². The van der Waals surface area contributed by atoms with Crippen molar-refractivity contribution in [1.82, 2.24) is 5.32 Å². The molecule has 0 aliphatic rings. The van der Waals surface area contributed by atoms with Crippen LogP contribution >= 0.6 is 27.3 Å². The lowest BCUT2D eigenvalue weighted by Gasteiger charge is -2.27. The van der Waals surface area contributed by atoms with Gasteiger partial charge in [-0.05, 0) is 41.4 Å². The van der Waals surface area contributed by atoms with E-state index in [1.807, 2.05) is 6.92 Å². The molecule has 1 rings (SSSR count). The van der Waals surface area contributed by atoms with Gasteiger partial charge in [-0.15, -0.1) is 11.3 Å². The summed E-state index contributed by atoms with van der Waals surface area (Å²) in [7, 11) is 1.32. The van der Waals surface area contributed by atoms with Crippen molar-refractivity contribution in [2.24, 2.45) is 0 Å². The zero-order chi connectivity index (χ0) is 13.8. The van der Waals surface area contributed by atoms with Gasteiger partial charge in [0.2, 0.25) is 0 Å². The SMILES string of the molecule is CCCC(C)(NC(=O)c1ccc(Br)s1)C(=O)OC. The van der Waals surface area contributed by atoms with Gasteiger partial charge in [0.25, 0.3) is 5.91 Å². The van der Waals surface area contributed by atoms with Crippen molar-refractivity contribution in [3.05, 3.63) is 20.8 Å². The molecule has 1 amide bonds. The molecular formula is C12H16BrNO3S. The fourth-order valence-corrected chi connectivity index (χ4v) is 2.97. The van der Waals surface area contributed by atoms with E-state index in [0.29, 0.717) is 11.3 Å².